The van der Waals surface area contributed by atoms with Gasteiger partial charge >= 0.3 is 0 Å². The van der Waals surface area contributed by atoms with E-state index in [0.29, 0.717) is 5.41 Å². The van der Waals surface area contributed by atoms with Crippen molar-refractivity contribution in [1.29, 1.82) is 0 Å². The maximum Gasteiger partial charge on any atom is -0.0280 e. The van der Waals surface area contributed by atoms with Crippen molar-refractivity contribution in [1.82, 2.24) is 0 Å². The molecule has 0 bridgehead atoms. The molecule has 0 aliphatic rings. The zero-order chi connectivity index (χ0) is 10.5. The normalized spacial score (nSPS) is 15.0. The van der Waals surface area contributed by atoms with Crippen LogP contribution in [0.1, 0.15) is 67.2 Å². The minimum Gasteiger partial charge on any atom is -0.0648 e. The lowest BCUT2D eigenvalue weighted by Gasteiger charge is -2.38. The molecule has 80 valence electrons. The van der Waals surface area contributed by atoms with Crippen molar-refractivity contribution in [2.24, 2.45) is 17.3 Å². The average Bonchev–Trinajstić information content (AvgIpc) is 2.07. The Labute approximate surface area is 85.1 Å². The van der Waals surface area contributed by atoms with E-state index in [1.54, 1.807) is 0 Å². The summed E-state index contributed by atoms with van der Waals surface area (Å²) in [4.78, 5) is 0. The van der Waals surface area contributed by atoms with Crippen molar-refractivity contribution < 1.29 is 0 Å². The second-order valence-electron chi connectivity index (χ2n) is 4.95. The van der Waals surface area contributed by atoms with Crippen LogP contribution < -0.4 is 0 Å². The second-order valence-corrected chi connectivity index (χ2v) is 4.95. The molecule has 0 aliphatic heterocycles. The van der Waals surface area contributed by atoms with Gasteiger partial charge in [-0.15, -0.1) is 0 Å². The van der Waals surface area contributed by atoms with Crippen molar-refractivity contribution in [3.05, 3.63) is 0 Å². The third-order valence-corrected chi connectivity index (χ3v) is 3.98. The van der Waals surface area contributed by atoms with Crippen LogP contribution in [0.4, 0.5) is 0 Å². The monoisotopic (exact) mass is 184 g/mol. The zero-order valence-electron chi connectivity index (χ0n) is 10.5. The van der Waals surface area contributed by atoms with E-state index < -0.39 is 0 Å². The predicted molar refractivity (Wildman–Crippen MR) is 61.9 cm³/mol. The first-order valence-electron chi connectivity index (χ1n) is 6.02. The van der Waals surface area contributed by atoms with E-state index in [0.717, 1.165) is 11.8 Å². The van der Waals surface area contributed by atoms with Gasteiger partial charge in [0.15, 0.2) is 0 Å². The van der Waals surface area contributed by atoms with Crippen LogP contribution in [-0.2, 0) is 0 Å². The van der Waals surface area contributed by atoms with Crippen LogP contribution >= 0.6 is 0 Å². The lowest BCUT2D eigenvalue weighted by atomic mass is 9.68. The smallest absolute Gasteiger partial charge is 0.0280 e. The van der Waals surface area contributed by atoms with Crippen LogP contribution in [0.25, 0.3) is 0 Å². The number of hydrogen-bond donors (Lipinski definition) is 0. The summed E-state index contributed by atoms with van der Waals surface area (Å²) >= 11 is 0. The van der Waals surface area contributed by atoms with Gasteiger partial charge in [-0.3, -0.25) is 0 Å². The fourth-order valence-corrected chi connectivity index (χ4v) is 2.75. The Morgan fingerprint density at radius 1 is 0.846 bits per heavy atom. The van der Waals surface area contributed by atoms with E-state index in [1.807, 2.05) is 0 Å². The van der Waals surface area contributed by atoms with Crippen LogP contribution in [0, 0.1) is 17.3 Å². The van der Waals surface area contributed by atoms with E-state index in [1.165, 1.54) is 25.7 Å². The van der Waals surface area contributed by atoms with Crippen molar-refractivity contribution >= 4 is 0 Å². The molecule has 0 aliphatic carbocycles. The Hall–Kier alpha value is 0. The summed E-state index contributed by atoms with van der Waals surface area (Å²) in [6, 6.07) is 0. The lowest BCUT2D eigenvalue weighted by Crippen LogP contribution is -2.27. The van der Waals surface area contributed by atoms with Crippen LogP contribution in [-0.4, -0.2) is 0 Å². The van der Waals surface area contributed by atoms with E-state index >= 15 is 0 Å². The van der Waals surface area contributed by atoms with Gasteiger partial charge in [0.1, 0.15) is 0 Å². The predicted octanol–water partition coefficient (Wildman–Crippen LogP) is 4.89. The summed E-state index contributed by atoms with van der Waals surface area (Å²) < 4.78 is 0. The molecule has 1 atom stereocenters. The quantitative estimate of drug-likeness (QED) is 0.551. The minimum atomic E-state index is 0.615. The summed E-state index contributed by atoms with van der Waals surface area (Å²) in [7, 11) is 0. The molecule has 0 heteroatoms. The Bertz CT molecular complexity index is 112. The van der Waals surface area contributed by atoms with Crippen LogP contribution in [0.5, 0.6) is 0 Å². The molecular weight excluding hydrogens is 156 g/mol. The van der Waals surface area contributed by atoms with Crippen molar-refractivity contribution in [2.45, 2.75) is 67.2 Å². The first-order valence-corrected chi connectivity index (χ1v) is 6.02. The first-order chi connectivity index (χ1) is 6.02. The van der Waals surface area contributed by atoms with Gasteiger partial charge in [-0.1, -0.05) is 60.8 Å². The highest BCUT2D eigenvalue weighted by molar-refractivity contribution is 4.81. The molecule has 0 radical (unpaired) electrons. The molecule has 0 amide bonds. The molecule has 0 N–H and O–H groups in total. The second kappa shape index (κ2) is 5.67. The molecule has 0 heterocycles. The highest BCUT2D eigenvalue weighted by Gasteiger charge is 2.30. The highest BCUT2D eigenvalue weighted by Crippen LogP contribution is 2.41. The first kappa shape index (κ1) is 13.0. The molecule has 0 aromatic heterocycles. The molecule has 0 aromatic carbocycles. The van der Waals surface area contributed by atoms with Crippen LogP contribution in [0.15, 0.2) is 0 Å². The Morgan fingerprint density at radius 2 is 1.23 bits per heavy atom. The number of rotatable bonds is 6. The fraction of sp³-hybridized carbons (Fsp3) is 1.00. The summed E-state index contributed by atoms with van der Waals surface area (Å²) in [5.74, 6) is 1.73. The third-order valence-electron chi connectivity index (χ3n) is 3.98. The van der Waals surface area contributed by atoms with E-state index in [4.69, 9.17) is 0 Å². The molecule has 0 aromatic rings. The minimum absolute atomic E-state index is 0.615. The molecule has 0 saturated heterocycles. The van der Waals surface area contributed by atoms with Gasteiger partial charge in [-0.25, -0.2) is 0 Å². The van der Waals surface area contributed by atoms with Gasteiger partial charge < -0.3 is 0 Å². The van der Waals surface area contributed by atoms with Crippen molar-refractivity contribution in [3.8, 4) is 0 Å². The van der Waals surface area contributed by atoms with Crippen molar-refractivity contribution in [3.63, 3.8) is 0 Å². The molecule has 1 unspecified atom stereocenters. The SMILES string of the molecule is CCC(CC)(CC)C(C)CC(C)C. The maximum absolute atomic E-state index is 2.44. The van der Waals surface area contributed by atoms with Crippen LogP contribution in [0.2, 0.25) is 0 Å². The highest BCUT2D eigenvalue weighted by atomic mass is 14.4. The van der Waals surface area contributed by atoms with Gasteiger partial charge in [-0.2, -0.15) is 0 Å². The van der Waals surface area contributed by atoms with Gasteiger partial charge in [0.2, 0.25) is 0 Å². The van der Waals surface area contributed by atoms with Gasteiger partial charge in [-0.05, 0) is 23.7 Å². The Balaban J connectivity index is 4.34. The van der Waals surface area contributed by atoms with E-state index in [2.05, 4.69) is 41.5 Å². The van der Waals surface area contributed by atoms with Gasteiger partial charge in [0, 0.05) is 0 Å². The van der Waals surface area contributed by atoms with E-state index in [-0.39, 0.29) is 0 Å². The molecule has 0 fully saturated rings. The Morgan fingerprint density at radius 3 is 1.46 bits per heavy atom. The molecule has 13 heavy (non-hydrogen) atoms. The van der Waals surface area contributed by atoms with Gasteiger partial charge in [0.05, 0.1) is 0 Å². The molecule has 0 nitrogen and oxygen atoms in total. The van der Waals surface area contributed by atoms with E-state index in [9.17, 15) is 0 Å². The standard InChI is InChI=1S/C13H28/c1-7-13(8-2,9-3)12(6)10-11(4)5/h11-12H,7-10H2,1-6H3. The summed E-state index contributed by atoms with van der Waals surface area (Å²) in [6.45, 7) is 14.2. The zero-order valence-corrected chi connectivity index (χ0v) is 10.5. The average molecular weight is 184 g/mol. The molecule has 0 rings (SSSR count). The topological polar surface area (TPSA) is 0 Å². The fourth-order valence-electron chi connectivity index (χ4n) is 2.75. The largest absolute Gasteiger partial charge is 0.0648 e. The molecule has 0 spiro atoms. The summed E-state index contributed by atoms with van der Waals surface area (Å²) in [6.07, 6.45) is 5.41. The maximum atomic E-state index is 2.44. The van der Waals surface area contributed by atoms with Crippen molar-refractivity contribution in [2.75, 3.05) is 0 Å². The lowest BCUT2D eigenvalue weighted by molar-refractivity contribution is 0.128. The number of hydrogen-bond acceptors (Lipinski definition) is 0. The summed E-state index contributed by atoms with van der Waals surface area (Å²) in [5, 5.41) is 0. The molecular formula is C13H28. The molecule has 0 saturated carbocycles. The Kier molecular flexibility index (Phi) is 5.67. The third kappa shape index (κ3) is 3.32. The summed E-state index contributed by atoms with van der Waals surface area (Å²) in [5.41, 5.74) is 0.615. The van der Waals surface area contributed by atoms with Gasteiger partial charge in [0.25, 0.3) is 0 Å². The van der Waals surface area contributed by atoms with Crippen LogP contribution in [0.3, 0.4) is 0 Å².